The predicted molar refractivity (Wildman–Crippen MR) is 65.3 cm³/mol. The summed E-state index contributed by atoms with van der Waals surface area (Å²) < 4.78 is 13.8. The zero-order chi connectivity index (χ0) is 12.1. The van der Waals surface area contributed by atoms with E-state index in [2.05, 4.69) is 19.3 Å². The Bertz CT molecular complexity index is 339. The van der Waals surface area contributed by atoms with Crippen molar-refractivity contribution in [1.29, 1.82) is 0 Å². The number of nitrogens with two attached hydrogens (primary N) is 1. The number of halogens is 1. The molecule has 0 aliphatic heterocycles. The summed E-state index contributed by atoms with van der Waals surface area (Å²) in [5.74, 6) is 5.68. The van der Waals surface area contributed by atoms with Crippen LogP contribution in [-0.4, -0.2) is 0 Å². The molecule has 0 bridgehead atoms. The molecule has 2 atom stereocenters. The molecule has 3 heteroatoms. The van der Waals surface area contributed by atoms with Crippen LogP contribution in [0.3, 0.4) is 0 Å². The van der Waals surface area contributed by atoms with Crippen molar-refractivity contribution in [1.82, 2.24) is 5.43 Å². The van der Waals surface area contributed by atoms with E-state index >= 15 is 0 Å². The van der Waals surface area contributed by atoms with E-state index in [0.717, 1.165) is 18.4 Å². The first-order chi connectivity index (χ1) is 7.60. The van der Waals surface area contributed by atoms with Gasteiger partial charge in [-0.2, -0.15) is 0 Å². The molecule has 0 fully saturated rings. The molecule has 0 aliphatic carbocycles. The molecule has 3 N–H and O–H groups in total. The fourth-order valence-electron chi connectivity index (χ4n) is 2.07. The molecule has 2 nitrogen and oxygen atoms in total. The molecule has 0 spiro atoms. The first kappa shape index (κ1) is 13.1. The Morgan fingerprint density at radius 1 is 1.44 bits per heavy atom. The number of hydrogen-bond donors (Lipinski definition) is 2. The minimum Gasteiger partial charge on any atom is -0.271 e. The van der Waals surface area contributed by atoms with E-state index in [0.29, 0.717) is 11.5 Å². The summed E-state index contributed by atoms with van der Waals surface area (Å²) in [6.45, 7) is 6.09. The first-order valence-electron chi connectivity index (χ1n) is 5.82. The minimum absolute atomic E-state index is 0.111. The molecule has 0 aliphatic rings. The number of hydrazine groups is 1. The van der Waals surface area contributed by atoms with Gasteiger partial charge in [-0.05, 0) is 30.9 Å². The van der Waals surface area contributed by atoms with Gasteiger partial charge < -0.3 is 0 Å². The molecule has 1 rings (SSSR count). The van der Waals surface area contributed by atoms with Gasteiger partial charge in [0.25, 0.3) is 0 Å². The van der Waals surface area contributed by atoms with Crippen LogP contribution in [0.1, 0.15) is 43.9 Å². The lowest BCUT2D eigenvalue weighted by molar-refractivity contribution is 0.357. The summed E-state index contributed by atoms with van der Waals surface area (Å²) >= 11 is 0. The van der Waals surface area contributed by atoms with Gasteiger partial charge in [-0.3, -0.25) is 11.3 Å². The zero-order valence-electron chi connectivity index (χ0n) is 10.3. The molecule has 90 valence electrons. The van der Waals surface area contributed by atoms with Crippen LogP contribution >= 0.6 is 0 Å². The van der Waals surface area contributed by atoms with Crippen molar-refractivity contribution in [3.05, 3.63) is 35.1 Å². The first-order valence-corrected chi connectivity index (χ1v) is 5.82. The van der Waals surface area contributed by atoms with Crippen molar-refractivity contribution < 1.29 is 4.39 Å². The fourth-order valence-corrected chi connectivity index (χ4v) is 2.07. The Balaban J connectivity index is 2.94. The van der Waals surface area contributed by atoms with E-state index in [1.807, 2.05) is 19.1 Å². The van der Waals surface area contributed by atoms with Crippen LogP contribution in [0.15, 0.2) is 18.2 Å². The van der Waals surface area contributed by atoms with Gasteiger partial charge in [-0.25, -0.2) is 4.39 Å². The highest BCUT2D eigenvalue weighted by Gasteiger charge is 2.20. The highest BCUT2D eigenvalue weighted by Crippen LogP contribution is 2.27. The summed E-state index contributed by atoms with van der Waals surface area (Å²) in [4.78, 5) is 0. The molecule has 0 heterocycles. The summed E-state index contributed by atoms with van der Waals surface area (Å²) in [5.41, 5.74) is 4.32. The zero-order valence-corrected chi connectivity index (χ0v) is 10.3. The molecule has 0 radical (unpaired) electrons. The van der Waals surface area contributed by atoms with E-state index in [1.54, 1.807) is 6.07 Å². The highest BCUT2D eigenvalue weighted by molar-refractivity contribution is 5.26. The van der Waals surface area contributed by atoms with Crippen LogP contribution in [0.25, 0.3) is 0 Å². The maximum absolute atomic E-state index is 13.8. The Kier molecular flexibility index (Phi) is 4.90. The lowest BCUT2D eigenvalue weighted by Crippen LogP contribution is -2.33. The molecule has 0 saturated carbocycles. The van der Waals surface area contributed by atoms with E-state index < -0.39 is 0 Å². The van der Waals surface area contributed by atoms with Gasteiger partial charge in [0.1, 0.15) is 5.82 Å². The van der Waals surface area contributed by atoms with Crippen molar-refractivity contribution in [2.75, 3.05) is 0 Å². The molecule has 0 saturated heterocycles. The summed E-state index contributed by atoms with van der Waals surface area (Å²) in [6, 6.07) is 5.18. The lowest BCUT2D eigenvalue weighted by atomic mass is 9.91. The third kappa shape index (κ3) is 3.03. The summed E-state index contributed by atoms with van der Waals surface area (Å²) in [5, 5.41) is 0. The van der Waals surface area contributed by atoms with Crippen LogP contribution < -0.4 is 11.3 Å². The smallest absolute Gasteiger partial charge is 0.128 e. The second-order valence-corrected chi connectivity index (χ2v) is 4.44. The average molecular weight is 224 g/mol. The van der Waals surface area contributed by atoms with Crippen LogP contribution in [0, 0.1) is 18.7 Å². The van der Waals surface area contributed by atoms with Crippen molar-refractivity contribution in [3.63, 3.8) is 0 Å². The number of aryl methyl sites for hydroxylation is 1. The van der Waals surface area contributed by atoms with Crippen LogP contribution in [0.4, 0.5) is 4.39 Å². The van der Waals surface area contributed by atoms with E-state index in [4.69, 9.17) is 5.84 Å². The van der Waals surface area contributed by atoms with Gasteiger partial charge in [0, 0.05) is 5.56 Å². The quantitative estimate of drug-likeness (QED) is 0.596. The lowest BCUT2D eigenvalue weighted by Gasteiger charge is -2.23. The van der Waals surface area contributed by atoms with Crippen LogP contribution in [0.5, 0.6) is 0 Å². The SMILES string of the molecule is CCCC(C)C(NN)c1ccc(C)cc1F. The van der Waals surface area contributed by atoms with Gasteiger partial charge in [-0.1, -0.05) is 32.4 Å². The highest BCUT2D eigenvalue weighted by atomic mass is 19.1. The third-order valence-corrected chi connectivity index (χ3v) is 2.98. The molecule has 0 aromatic heterocycles. The second kappa shape index (κ2) is 5.97. The Morgan fingerprint density at radius 2 is 2.12 bits per heavy atom. The summed E-state index contributed by atoms with van der Waals surface area (Å²) in [6.07, 6.45) is 2.11. The fraction of sp³-hybridized carbons (Fsp3) is 0.538. The van der Waals surface area contributed by atoms with Gasteiger partial charge in [-0.15, -0.1) is 0 Å². The molecule has 16 heavy (non-hydrogen) atoms. The van der Waals surface area contributed by atoms with Crippen LogP contribution in [-0.2, 0) is 0 Å². The van der Waals surface area contributed by atoms with Crippen molar-refractivity contribution in [2.45, 2.75) is 39.7 Å². The molecule has 1 aromatic rings. The van der Waals surface area contributed by atoms with Crippen molar-refractivity contribution in [3.8, 4) is 0 Å². The molecular formula is C13H21FN2. The number of nitrogens with one attached hydrogen (secondary N) is 1. The van der Waals surface area contributed by atoms with E-state index in [9.17, 15) is 4.39 Å². The van der Waals surface area contributed by atoms with Crippen molar-refractivity contribution >= 4 is 0 Å². The van der Waals surface area contributed by atoms with Crippen molar-refractivity contribution in [2.24, 2.45) is 11.8 Å². The van der Waals surface area contributed by atoms with Gasteiger partial charge in [0.2, 0.25) is 0 Å². The maximum Gasteiger partial charge on any atom is 0.128 e. The Morgan fingerprint density at radius 3 is 2.62 bits per heavy atom. The van der Waals surface area contributed by atoms with Gasteiger partial charge >= 0.3 is 0 Å². The summed E-state index contributed by atoms with van der Waals surface area (Å²) in [7, 11) is 0. The van der Waals surface area contributed by atoms with Gasteiger partial charge in [0.05, 0.1) is 6.04 Å². The monoisotopic (exact) mass is 224 g/mol. The molecule has 2 unspecified atom stereocenters. The van der Waals surface area contributed by atoms with Crippen LogP contribution in [0.2, 0.25) is 0 Å². The number of hydrogen-bond acceptors (Lipinski definition) is 2. The Hall–Kier alpha value is -0.930. The predicted octanol–water partition coefficient (Wildman–Crippen LogP) is 3.07. The van der Waals surface area contributed by atoms with E-state index in [-0.39, 0.29) is 11.9 Å². The minimum atomic E-state index is -0.175. The normalized spacial score (nSPS) is 14.8. The number of benzene rings is 1. The number of rotatable bonds is 5. The largest absolute Gasteiger partial charge is 0.271 e. The second-order valence-electron chi connectivity index (χ2n) is 4.44. The topological polar surface area (TPSA) is 38.0 Å². The third-order valence-electron chi connectivity index (χ3n) is 2.98. The average Bonchev–Trinajstić information content (AvgIpc) is 2.22. The van der Waals surface area contributed by atoms with Gasteiger partial charge in [0.15, 0.2) is 0 Å². The standard InChI is InChI=1S/C13H21FN2/c1-4-5-10(3)13(16-15)11-7-6-9(2)8-12(11)14/h6-8,10,13,16H,4-5,15H2,1-3H3. The molecule has 0 amide bonds. The van der Waals surface area contributed by atoms with E-state index in [1.165, 1.54) is 0 Å². The Labute approximate surface area is 97.0 Å². The molecular weight excluding hydrogens is 203 g/mol. The maximum atomic E-state index is 13.8. The molecule has 1 aromatic carbocycles.